The number of rotatable bonds is 4. The van der Waals surface area contributed by atoms with Gasteiger partial charge in [-0.2, -0.15) is 0 Å². The molecule has 1 amide bonds. The van der Waals surface area contributed by atoms with Gasteiger partial charge in [0.05, 0.1) is 0 Å². The van der Waals surface area contributed by atoms with Gasteiger partial charge in [0.25, 0.3) is 5.91 Å². The Labute approximate surface area is 119 Å². The number of benzene rings is 1. The average Bonchev–Trinajstić information content (AvgIpc) is 2.14. The fourth-order valence-electron chi connectivity index (χ4n) is 1.75. The molecule has 1 rings (SSSR count). The third kappa shape index (κ3) is 4.80. The predicted molar refractivity (Wildman–Crippen MR) is 78.3 cm³/mol. The summed E-state index contributed by atoms with van der Waals surface area (Å²) in [7, 11) is 0. The van der Waals surface area contributed by atoms with Crippen molar-refractivity contribution in [1.82, 2.24) is 5.32 Å². The minimum atomic E-state index is -0.166. The summed E-state index contributed by atoms with van der Waals surface area (Å²) in [6.45, 7) is 6.20. The molecule has 0 spiro atoms. The van der Waals surface area contributed by atoms with Crippen molar-refractivity contribution in [2.75, 3.05) is 0 Å². The van der Waals surface area contributed by atoms with Crippen LogP contribution >= 0.6 is 31.9 Å². The molecular formula is C13H17Br2NO. The van der Waals surface area contributed by atoms with Crippen molar-refractivity contribution in [3.8, 4) is 0 Å². The molecule has 0 aliphatic heterocycles. The molecule has 0 unspecified atom stereocenters. The molecule has 1 aromatic rings. The maximum atomic E-state index is 12.1. The summed E-state index contributed by atoms with van der Waals surface area (Å²) in [5, 5.41) is 3.05. The van der Waals surface area contributed by atoms with E-state index < -0.39 is 0 Å². The van der Waals surface area contributed by atoms with Crippen LogP contribution in [0.3, 0.4) is 0 Å². The van der Waals surface area contributed by atoms with Crippen molar-refractivity contribution < 1.29 is 4.79 Å². The molecule has 0 atom stereocenters. The number of halogens is 2. The van der Waals surface area contributed by atoms with Gasteiger partial charge in [0.2, 0.25) is 0 Å². The quantitative estimate of drug-likeness (QED) is 0.838. The molecule has 0 aliphatic carbocycles. The highest BCUT2D eigenvalue weighted by Gasteiger charge is 2.20. The first-order valence-corrected chi connectivity index (χ1v) is 7.21. The van der Waals surface area contributed by atoms with Crippen LogP contribution in [0.1, 0.15) is 44.0 Å². The van der Waals surface area contributed by atoms with E-state index in [2.05, 4.69) is 44.1 Å². The van der Waals surface area contributed by atoms with E-state index in [1.165, 1.54) is 0 Å². The molecule has 0 saturated heterocycles. The molecule has 0 heterocycles. The van der Waals surface area contributed by atoms with Crippen LogP contribution in [0.15, 0.2) is 27.1 Å². The smallest absolute Gasteiger partial charge is 0.251 e. The highest BCUT2D eigenvalue weighted by Crippen LogP contribution is 2.21. The van der Waals surface area contributed by atoms with E-state index >= 15 is 0 Å². The van der Waals surface area contributed by atoms with Gasteiger partial charge in [-0.05, 0) is 38.5 Å². The van der Waals surface area contributed by atoms with E-state index in [0.717, 1.165) is 21.8 Å². The predicted octanol–water partition coefficient (Wildman–Crippen LogP) is 4.52. The fourth-order valence-corrected chi connectivity index (χ4v) is 3.05. The molecule has 0 bridgehead atoms. The van der Waals surface area contributed by atoms with Gasteiger partial charge < -0.3 is 5.32 Å². The molecule has 4 heteroatoms. The first-order chi connectivity index (χ1) is 7.84. The van der Waals surface area contributed by atoms with Crippen molar-refractivity contribution in [3.05, 3.63) is 32.7 Å². The van der Waals surface area contributed by atoms with Crippen LogP contribution in [0.2, 0.25) is 0 Å². The van der Waals surface area contributed by atoms with Crippen molar-refractivity contribution >= 4 is 37.8 Å². The number of hydrogen-bond donors (Lipinski definition) is 1. The van der Waals surface area contributed by atoms with Gasteiger partial charge in [0.1, 0.15) is 0 Å². The maximum Gasteiger partial charge on any atom is 0.251 e. The zero-order chi connectivity index (χ0) is 13.1. The monoisotopic (exact) mass is 361 g/mol. The molecule has 0 radical (unpaired) electrons. The molecule has 2 nitrogen and oxygen atoms in total. The Morgan fingerprint density at radius 3 is 2.24 bits per heavy atom. The standard InChI is InChI=1S/C13H17Br2NO/c1-4-5-13(2,3)16-12(17)9-6-10(14)8-11(15)7-9/h6-8H,4-5H2,1-3H3,(H,16,17). The van der Waals surface area contributed by atoms with Gasteiger partial charge in [-0.1, -0.05) is 45.2 Å². The van der Waals surface area contributed by atoms with Gasteiger partial charge in [0.15, 0.2) is 0 Å². The Morgan fingerprint density at radius 2 is 1.76 bits per heavy atom. The highest BCUT2D eigenvalue weighted by molar-refractivity contribution is 9.11. The van der Waals surface area contributed by atoms with Crippen LogP contribution in [0.25, 0.3) is 0 Å². The normalized spacial score (nSPS) is 11.4. The summed E-state index contributed by atoms with van der Waals surface area (Å²) in [5.74, 6) is -0.0366. The number of carbonyl (C=O) groups excluding carboxylic acids is 1. The number of hydrogen-bond acceptors (Lipinski definition) is 1. The summed E-state index contributed by atoms with van der Waals surface area (Å²) in [6.07, 6.45) is 2.02. The van der Waals surface area contributed by atoms with E-state index in [4.69, 9.17) is 0 Å². The van der Waals surface area contributed by atoms with E-state index in [0.29, 0.717) is 5.56 Å². The molecule has 17 heavy (non-hydrogen) atoms. The van der Waals surface area contributed by atoms with Crippen LogP contribution in [-0.2, 0) is 0 Å². The van der Waals surface area contributed by atoms with Crippen molar-refractivity contribution in [2.45, 2.75) is 39.2 Å². The largest absolute Gasteiger partial charge is 0.347 e. The Balaban J connectivity index is 2.83. The van der Waals surface area contributed by atoms with Gasteiger partial charge in [0, 0.05) is 20.0 Å². The van der Waals surface area contributed by atoms with Crippen molar-refractivity contribution in [2.24, 2.45) is 0 Å². The Hall–Kier alpha value is -0.350. The molecule has 0 aromatic heterocycles. The topological polar surface area (TPSA) is 29.1 Å². The Bertz CT molecular complexity index is 396. The lowest BCUT2D eigenvalue weighted by molar-refractivity contribution is 0.0909. The number of amides is 1. The molecule has 1 N–H and O–H groups in total. The number of nitrogens with one attached hydrogen (secondary N) is 1. The summed E-state index contributed by atoms with van der Waals surface area (Å²) < 4.78 is 1.79. The Kier molecular flexibility index (Phi) is 5.20. The molecule has 94 valence electrons. The van der Waals surface area contributed by atoms with E-state index in [-0.39, 0.29) is 11.4 Å². The van der Waals surface area contributed by atoms with Gasteiger partial charge in [-0.25, -0.2) is 0 Å². The van der Waals surface area contributed by atoms with Crippen LogP contribution in [0, 0.1) is 0 Å². The number of carbonyl (C=O) groups is 1. The van der Waals surface area contributed by atoms with Crippen LogP contribution < -0.4 is 5.32 Å². The van der Waals surface area contributed by atoms with Gasteiger partial charge in [-0.15, -0.1) is 0 Å². The third-order valence-corrected chi connectivity index (χ3v) is 3.37. The molecule has 1 aromatic carbocycles. The molecule has 0 saturated carbocycles. The first kappa shape index (κ1) is 14.7. The summed E-state index contributed by atoms with van der Waals surface area (Å²) in [5.41, 5.74) is 0.496. The van der Waals surface area contributed by atoms with Crippen molar-refractivity contribution in [3.63, 3.8) is 0 Å². The second-order valence-electron chi connectivity index (χ2n) is 4.75. The van der Waals surface area contributed by atoms with Crippen LogP contribution in [0.4, 0.5) is 0 Å². The van der Waals surface area contributed by atoms with E-state index in [9.17, 15) is 4.79 Å². The Morgan fingerprint density at radius 1 is 1.24 bits per heavy atom. The minimum absolute atomic E-state index is 0.0366. The van der Waals surface area contributed by atoms with E-state index in [1.807, 2.05) is 32.0 Å². The zero-order valence-electron chi connectivity index (χ0n) is 10.3. The molecular weight excluding hydrogens is 346 g/mol. The fraction of sp³-hybridized carbons (Fsp3) is 0.462. The first-order valence-electron chi connectivity index (χ1n) is 5.62. The van der Waals surface area contributed by atoms with Gasteiger partial charge in [-0.3, -0.25) is 4.79 Å². The second kappa shape index (κ2) is 6.01. The van der Waals surface area contributed by atoms with Crippen LogP contribution in [0.5, 0.6) is 0 Å². The third-order valence-electron chi connectivity index (χ3n) is 2.45. The molecule has 0 fully saturated rings. The lowest BCUT2D eigenvalue weighted by Gasteiger charge is -2.25. The lowest BCUT2D eigenvalue weighted by atomic mass is 9.98. The van der Waals surface area contributed by atoms with E-state index in [1.54, 1.807) is 0 Å². The van der Waals surface area contributed by atoms with Crippen molar-refractivity contribution in [1.29, 1.82) is 0 Å². The summed E-state index contributed by atoms with van der Waals surface area (Å²) in [6, 6.07) is 5.55. The minimum Gasteiger partial charge on any atom is -0.347 e. The zero-order valence-corrected chi connectivity index (χ0v) is 13.5. The van der Waals surface area contributed by atoms with Gasteiger partial charge >= 0.3 is 0 Å². The highest BCUT2D eigenvalue weighted by atomic mass is 79.9. The average molecular weight is 363 g/mol. The summed E-state index contributed by atoms with van der Waals surface area (Å²) in [4.78, 5) is 12.1. The SMILES string of the molecule is CCCC(C)(C)NC(=O)c1cc(Br)cc(Br)c1. The maximum absolute atomic E-state index is 12.1. The summed E-state index contributed by atoms with van der Waals surface area (Å²) >= 11 is 6.76. The second-order valence-corrected chi connectivity index (χ2v) is 6.58. The molecule has 0 aliphatic rings. The van der Waals surface area contributed by atoms with Crippen LogP contribution in [-0.4, -0.2) is 11.4 Å². The lowest BCUT2D eigenvalue weighted by Crippen LogP contribution is -2.43.